The zero-order chi connectivity index (χ0) is 9.61. The number of hydrogen-bond donors (Lipinski definition) is 1. The lowest BCUT2D eigenvalue weighted by Crippen LogP contribution is -2.29. The molecule has 0 radical (unpaired) electrons. The lowest BCUT2D eigenvalue weighted by atomic mass is 9.92. The van der Waals surface area contributed by atoms with Crippen molar-refractivity contribution in [3.05, 3.63) is 12.2 Å². The molecule has 0 rings (SSSR count). The molecular weight excluding hydrogens is 154 g/mol. The van der Waals surface area contributed by atoms with Crippen LogP contribution in [0.5, 0.6) is 0 Å². The van der Waals surface area contributed by atoms with Gasteiger partial charge in [-0.3, -0.25) is 5.26 Å². The van der Waals surface area contributed by atoms with E-state index in [9.17, 15) is 0 Å². The second kappa shape index (κ2) is 4.91. The molecule has 0 aliphatic heterocycles. The largest absolute Gasteiger partial charge is 0.251 e. The maximum absolute atomic E-state index is 8.60. The van der Waals surface area contributed by atoms with Crippen molar-refractivity contribution >= 4 is 0 Å². The molecule has 0 saturated heterocycles. The van der Waals surface area contributed by atoms with Crippen molar-refractivity contribution in [1.82, 2.24) is 0 Å². The Morgan fingerprint density at radius 1 is 1.75 bits per heavy atom. The summed E-state index contributed by atoms with van der Waals surface area (Å²) in [5, 5.41) is 17.2. The summed E-state index contributed by atoms with van der Waals surface area (Å²) >= 11 is 0. The van der Waals surface area contributed by atoms with Gasteiger partial charge in [0.05, 0.1) is 11.6 Å². The Morgan fingerprint density at radius 3 is 2.67 bits per heavy atom. The fourth-order valence-corrected chi connectivity index (χ4v) is 0.884. The third-order valence-corrected chi connectivity index (χ3v) is 1.98. The van der Waals surface area contributed by atoms with Gasteiger partial charge < -0.3 is 0 Å². The van der Waals surface area contributed by atoms with Gasteiger partial charge in [0.1, 0.15) is 5.60 Å². The molecule has 1 atom stereocenters. The van der Waals surface area contributed by atoms with Crippen LogP contribution in [0, 0.1) is 11.3 Å². The molecule has 0 aromatic heterocycles. The molecule has 1 N–H and O–H groups in total. The molecule has 0 aromatic carbocycles. The molecule has 68 valence electrons. The van der Waals surface area contributed by atoms with Gasteiger partial charge in [0, 0.05) is 0 Å². The van der Waals surface area contributed by atoms with E-state index >= 15 is 0 Å². The van der Waals surface area contributed by atoms with Gasteiger partial charge in [-0.1, -0.05) is 26.3 Å². The molecular formula is C9H15NO2. The maximum Gasteiger partial charge on any atom is 0.135 e. The van der Waals surface area contributed by atoms with E-state index in [1.165, 1.54) is 0 Å². The van der Waals surface area contributed by atoms with Crippen molar-refractivity contribution in [1.29, 1.82) is 5.26 Å². The second-order valence-corrected chi connectivity index (χ2v) is 3.02. The molecule has 0 spiro atoms. The topological polar surface area (TPSA) is 53.2 Å². The molecule has 0 aliphatic carbocycles. The van der Waals surface area contributed by atoms with Crippen molar-refractivity contribution in [3.8, 4) is 6.07 Å². The molecule has 1 unspecified atom stereocenters. The fourth-order valence-electron chi connectivity index (χ4n) is 0.884. The lowest BCUT2D eigenvalue weighted by Gasteiger charge is -2.23. The van der Waals surface area contributed by atoms with Crippen LogP contribution in [0.3, 0.4) is 0 Å². The van der Waals surface area contributed by atoms with E-state index in [1.54, 1.807) is 6.92 Å². The van der Waals surface area contributed by atoms with E-state index in [0.29, 0.717) is 6.42 Å². The van der Waals surface area contributed by atoms with E-state index in [2.05, 4.69) is 11.5 Å². The summed E-state index contributed by atoms with van der Waals surface area (Å²) in [5.74, 6) is 0. The molecule has 0 saturated carbocycles. The fraction of sp³-hybridized carbons (Fsp3) is 0.667. The van der Waals surface area contributed by atoms with Crippen LogP contribution in [0.15, 0.2) is 12.2 Å². The Kier molecular flexibility index (Phi) is 4.57. The van der Waals surface area contributed by atoms with Crippen LogP contribution in [-0.4, -0.2) is 10.9 Å². The molecule has 0 bridgehead atoms. The minimum atomic E-state index is -0.898. The summed E-state index contributed by atoms with van der Waals surface area (Å²) in [6.07, 6.45) is 2.52. The van der Waals surface area contributed by atoms with Crippen LogP contribution in [0.25, 0.3) is 0 Å². The normalized spacial score (nSPS) is 14.8. The molecule has 0 aromatic rings. The average molecular weight is 169 g/mol. The van der Waals surface area contributed by atoms with Crippen molar-refractivity contribution in [2.24, 2.45) is 0 Å². The summed E-state index contributed by atoms with van der Waals surface area (Å²) in [7, 11) is 0. The van der Waals surface area contributed by atoms with Crippen molar-refractivity contribution < 1.29 is 10.1 Å². The first-order valence-electron chi connectivity index (χ1n) is 4.02. The summed E-state index contributed by atoms with van der Waals surface area (Å²) in [6.45, 7) is 7.22. The number of nitriles is 1. The van der Waals surface area contributed by atoms with Gasteiger partial charge in [0.25, 0.3) is 0 Å². The van der Waals surface area contributed by atoms with E-state index in [4.69, 9.17) is 10.5 Å². The van der Waals surface area contributed by atoms with E-state index in [-0.39, 0.29) is 5.57 Å². The number of rotatable bonds is 5. The standard InChI is InChI=1S/C9H15NO2/c1-4-5-6-9(3,12-11)8(2)7-10/h11H,2,4-6H2,1,3H3. The SMILES string of the molecule is C=C(C#N)C(C)(CCCC)OO. The Hall–Kier alpha value is -0.850. The van der Waals surface area contributed by atoms with Gasteiger partial charge in [0.15, 0.2) is 0 Å². The Balaban J connectivity index is 4.26. The molecule has 3 nitrogen and oxygen atoms in total. The van der Waals surface area contributed by atoms with Gasteiger partial charge in [-0.05, 0) is 13.3 Å². The van der Waals surface area contributed by atoms with E-state index in [0.717, 1.165) is 12.8 Å². The highest BCUT2D eigenvalue weighted by atomic mass is 17.1. The molecule has 0 fully saturated rings. The first-order chi connectivity index (χ1) is 5.60. The summed E-state index contributed by atoms with van der Waals surface area (Å²) in [4.78, 5) is 4.27. The molecule has 0 aliphatic rings. The lowest BCUT2D eigenvalue weighted by molar-refractivity contribution is -0.306. The van der Waals surface area contributed by atoms with Gasteiger partial charge in [0.2, 0.25) is 0 Å². The Bertz CT molecular complexity index is 195. The molecule has 0 amide bonds. The second-order valence-electron chi connectivity index (χ2n) is 3.02. The van der Waals surface area contributed by atoms with Crippen LogP contribution >= 0.6 is 0 Å². The highest BCUT2D eigenvalue weighted by Gasteiger charge is 2.28. The van der Waals surface area contributed by atoms with E-state index < -0.39 is 5.60 Å². The quantitative estimate of drug-likeness (QED) is 0.391. The number of nitrogens with zero attached hydrogens (tertiary/aromatic N) is 1. The molecule has 0 heterocycles. The monoisotopic (exact) mass is 169 g/mol. The minimum absolute atomic E-state index is 0.262. The number of hydrogen-bond acceptors (Lipinski definition) is 3. The predicted octanol–water partition coefficient (Wildman–Crippen LogP) is 2.50. The molecule has 3 heteroatoms. The van der Waals surface area contributed by atoms with E-state index in [1.807, 2.05) is 13.0 Å². The summed E-state index contributed by atoms with van der Waals surface area (Å²) in [6, 6.07) is 1.89. The smallest absolute Gasteiger partial charge is 0.135 e. The minimum Gasteiger partial charge on any atom is -0.251 e. The average Bonchev–Trinajstić information content (AvgIpc) is 2.12. The van der Waals surface area contributed by atoms with Crippen LogP contribution in [-0.2, 0) is 4.89 Å². The van der Waals surface area contributed by atoms with Crippen molar-refractivity contribution in [2.45, 2.75) is 38.7 Å². The highest BCUT2D eigenvalue weighted by Crippen LogP contribution is 2.24. The van der Waals surface area contributed by atoms with Crippen LogP contribution in [0.4, 0.5) is 0 Å². The highest BCUT2D eigenvalue weighted by molar-refractivity contribution is 5.26. The van der Waals surface area contributed by atoms with Gasteiger partial charge >= 0.3 is 0 Å². The van der Waals surface area contributed by atoms with Gasteiger partial charge in [-0.2, -0.15) is 5.26 Å². The van der Waals surface area contributed by atoms with Crippen LogP contribution in [0.2, 0.25) is 0 Å². The van der Waals surface area contributed by atoms with Gasteiger partial charge in [-0.15, -0.1) is 0 Å². The Labute approximate surface area is 73.2 Å². The summed E-state index contributed by atoms with van der Waals surface area (Å²) < 4.78 is 0. The number of unbranched alkanes of at least 4 members (excludes halogenated alkanes) is 1. The summed E-state index contributed by atoms with van der Waals surface area (Å²) in [5.41, 5.74) is -0.636. The third kappa shape index (κ3) is 2.65. The van der Waals surface area contributed by atoms with Crippen molar-refractivity contribution in [3.63, 3.8) is 0 Å². The first-order valence-corrected chi connectivity index (χ1v) is 4.02. The zero-order valence-corrected chi connectivity index (χ0v) is 7.63. The van der Waals surface area contributed by atoms with Crippen LogP contribution in [0.1, 0.15) is 33.1 Å². The predicted molar refractivity (Wildman–Crippen MR) is 46.4 cm³/mol. The zero-order valence-electron chi connectivity index (χ0n) is 7.63. The van der Waals surface area contributed by atoms with Gasteiger partial charge in [-0.25, -0.2) is 4.89 Å². The van der Waals surface area contributed by atoms with Crippen LogP contribution < -0.4 is 0 Å². The maximum atomic E-state index is 8.60. The first kappa shape index (κ1) is 11.2. The molecule has 12 heavy (non-hydrogen) atoms. The van der Waals surface area contributed by atoms with Crippen molar-refractivity contribution in [2.75, 3.05) is 0 Å². The Morgan fingerprint density at radius 2 is 2.33 bits per heavy atom. The third-order valence-electron chi connectivity index (χ3n) is 1.98.